The van der Waals surface area contributed by atoms with Crippen molar-refractivity contribution < 1.29 is 14.3 Å². The predicted octanol–water partition coefficient (Wildman–Crippen LogP) is 1.33. The number of nitrogens with zero attached hydrogens (tertiary/aromatic N) is 1. The van der Waals surface area contributed by atoms with Crippen molar-refractivity contribution >= 4 is 8.60 Å². The van der Waals surface area contributed by atoms with Crippen molar-refractivity contribution in [2.45, 2.75) is 32.7 Å². The Morgan fingerprint density at radius 3 is 2.79 bits per heavy atom. The Bertz CT molecular complexity index is 166. The molecule has 0 bridgehead atoms. The third kappa shape index (κ3) is 4.20. The van der Waals surface area contributed by atoms with Gasteiger partial charge in [0, 0.05) is 12.6 Å². The minimum absolute atomic E-state index is 0.454. The molecule has 0 aromatic rings. The lowest BCUT2D eigenvalue weighted by Gasteiger charge is -2.35. The molecule has 1 aliphatic heterocycles. The molecule has 0 spiro atoms. The summed E-state index contributed by atoms with van der Waals surface area (Å²) in [6.07, 6.45) is 2.31. The van der Waals surface area contributed by atoms with Gasteiger partial charge in [-0.05, 0) is 39.2 Å². The third-order valence-electron chi connectivity index (χ3n) is 2.71. The molecule has 84 valence electrons. The molecule has 4 nitrogen and oxygen atoms in total. The summed E-state index contributed by atoms with van der Waals surface area (Å²) in [6, 6.07) is 0.572. The molecule has 5 heteroatoms. The third-order valence-corrected chi connectivity index (χ3v) is 3.09. The molecule has 1 heterocycles. The first-order valence-electron chi connectivity index (χ1n) is 5.14. The van der Waals surface area contributed by atoms with Crippen LogP contribution in [0.25, 0.3) is 0 Å². The fourth-order valence-corrected chi connectivity index (χ4v) is 2.22. The van der Waals surface area contributed by atoms with E-state index < -0.39 is 8.60 Å². The molecule has 0 amide bonds. The molecule has 0 aliphatic carbocycles. The molecule has 1 unspecified atom stereocenters. The molecule has 1 rings (SSSR count). The summed E-state index contributed by atoms with van der Waals surface area (Å²) in [4.78, 5) is 19.7. The van der Waals surface area contributed by atoms with Gasteiger partial charge in [0.1, 0.15) is 0 Å². The molecule has 1 aliphatic rings. The van der Waals surface area contributed by atoms with Crippen molar-refractivity contribution in [3.63, 3.8) is 0 Å². The van der Waals surface area contributed by atoms with Crippen LogP contribution in [-0.2, 0) is 4.52 Å². The highest BCUT2D eigenvalue weighted by Gasteiger charge is 2.22. The SMILES string of the molecule is CC(C)N1CCCC(COP(O)O)C1. The number of rotatable bonds is 4. The van der Waals surface area contributed by atoms with Crippen LogP contribution >= 0.6 is 8.60 Å². The molecule has 2 N–H and O–H groups in total. The molecule has 0 radical (unpaired) electrons. The molecule has 14 heavy (non-hydrogen) atoms. The summed E-state index contributed by atoms with van der Waals surface area (Å²) in [6.45, 7) is 7.02. The van der Waals surface area contributed by atoms with Crippen LogP contribution in [0.15, 0.2) is 0 Å². The van der Waals surface area contributed by atoms with E-state index in [1.54, 1.807) is 0 Å². The van der Waals surface area contributed by atoms with Crippen LogP contribution in [0.4, 0.5) is 0 Å². The molecular formula is C9H20NO3P. The molecule has 0 aromatic carbocycles. The Hall–Kier alpha value is 0.270. The van der Waals surface area contributed by atoms with Gasteiger partial charge in [0.25, 0.3) is 0 Å². The average molecular weight is 221 g/mol. The smallest absolute Gasteiger partial charge is 0.327 e. The highest BCUT2D eigenvalue weighted by molar-refractivity contribution is 7.39. The molecule has 1 fully saturated rings. The minimum Gasteiger partial charge on any atom is -0.328 e. The first-order chi connectivity index (χ1) is 6.59. The lowest BCUT2D eigenvalue weighted by atomic mass is 9.98. The first kappa shape index (κ1) is 12.3. The van der Waals surface area contributed by atoms with Gasteiger partial charge in [-0.1, -0.05) is 0 Å². The lowest BCUT2D eigenvalue weighted by Crippen LogP contribution is -2.41. The Labute approximate surface area is 86.9 Å². The maximum atomic E-state index is 8.64. The predicted molar refractivity (Wildman–Crippen MR) is 56.7 cm³/mol. The van der Waals surface area contributed by atoms with Crippen molar-refractivity contribution in [1.29, 1.82) is 0 Å². The number of hydrogen-bond donors (Lipinski definition) is 2. The number of likely N-dealkylation sites (tertiary alicyclic amines) is 1. The van der Waals surface area contributed by atoms with E-state index in [0.29, 0.717) is 18.6 Å². The second-order valence-electron chi connectivity index (χ2n) is 4.15. The molecular weight excluding hydrogens is 201 g/mol. The van der Waals surface area contributed by atoms with Gasteiger partial charge in [-0.3, -0.25) is 0 Å². The van der Waals surface area contributed by atoms with Crippen LogP contribution in [0, 0.1) is 5.92 Å². The summed E-state index contributed by atoms with van der Waals surface area (Å²) in [7, 11) is -2.17. The van der Waals surface area contributed by atoms with Gasteiger partial charge in [-0.15, -0.1) is 0 Å². The zero-order valence-electron chi connectivity index (χ0n) is 8.89. The van der Waals surface area contributed by atoms with Crippen molar-refractivity contribution in [3.05, 3.63) is 0 Å². The molecule has 0 saturated carbocycles. The van der Waals surface area contributed by atoms with E-state index in [2.05, 4.69) is 18.7 Å². The highest BCUT2D eigenvalue weighted by atomic mass is 31.2. The van der Waals surface area contributed by atoms with Crippen molar-refractivity contribution in [2.24, 2.45) is 5.92 Å². The zero-order chi connectivity index (χ0) is 10.6. The van der Waals surface area contributed by atoms with Gasteiger partial charge in [0.05, 0.1) is 6.61 Å². The van der Waals surface area contributed by atoms with Gasteiger partial charge < -0.3 is 19.2 Å². The molecule has 0 aromatic heterocycles. The van der Waals surface area contributed by atoms with E-state index in [4.69, 9.17) is 14.3 Å². The normalized spacial score (nSPS) is 24.9. The summed E-state index contributed by atoms with van der Waals surface area (Å²) < 4.78 is 4.86. The maximum absolute atomic E-state index is 8.64. The van der Waals surface area contributed by atoms with Crippen molar-refractivity contribution in [2.75, 3.05) is 19.7 Å². The van der Waals surface area contributed by atoms with Gasteiger partial charge in [0.2, 0.25) is 0 Å². The molecule has 1 saturated heterocycles. The van der Waals surface area contributed by atoms with Crippen LogP contribution in [0.1, 0.15) is 26.7 Å². The van der Waals surface area contributed by atoms with Crippen molar-refractivity contribution in [1.82, 2.24) is 4.90 Å². The second-order valence-corrected chi connectivity index (χ2v) is 4.91. The molecule has 1 atom stereocenters. The summed E-state index contributed by atoms with van der Waals surface area (Å²) in [5.41, 5.74) is 0. The van der Waals surface area contributed by atoms with Crippen LogP contribution < -0.4 is 0 Å². The van der Waals surface area contributed by atoms with E-state index in [1.807, 2.05) is 0 Å². The Kier molecular flexibility index (Phi) is 5.28. The van der Waals surface area contributed by atoms with Crippen molar-refractivity contribution in [3.8, 4) is 0 Å². The fourth-order valence-electron chi connectivity index (χ4n) is 1.87. The minimum atomic E-state index is -2.17. The highest BCUT2D eigenvalue weighted by Crippen LogP contribution is 2.28. The summed E-state index contributed by atoms with van der Waals surface area (Å²) in [5, 5.41) is 0. The van der Waals surface area contributed by atoms with Crippen LogP contribution in [-0.4, -0.2) is 40.4 Å². The standard InChI is InChI=1S/C9H20NO3P/c1-8(2)10-5-3-4-9(6-10)7-13-14(11)12/h8-9,11-12H,3-7H2,1-2H3. The fraction of sp³-hybridized carbons (Fsp3) is 1.00. The Morgan fingerprint density at radius 1 is 1.50 bits per heavy atom. The lowest BCUT2D eigenvalue weighted by molar-refractivity contribution is 0.102. The van der Waals surface area contributed by atoms with E-state index in [9.17, 15) is 0 Å². The largest absolute Gasteiger partial charge is 0.328 e. The zero-order valence-corrected chi connectivity index (χ0v) is 9.78. The Balaban J connectivity index is 2.25. The van der Waals surface area contributed by atoms with Crippen LogP contribution in [0.5, 0.6) is 0 Å². The number of hydrogen-bond acceptors (Lipinski definition) is 4. The van der Waals surface area contributed by atoms with Gasteiger partial charge in [0.15, 0.2) is 0 Å². The van der Waals surface area contributed by atoms with Gasteiger partial charge >= 0.3 is 8.60 Å². The van der Waals surface area contributed by atoms with E-state index in [0.717, 1.165) is 19.5 Å². The van der Waals surface area contributed by atoms with Crippen LogP contribution in [0.2, 0.25) is 0 Å². The maximum Gasteiger partial charge on any atom is 0.327 e. The summed E-state index contributed by atoms with van der Waals surface area (Å²) >= 11 is 0. The monoisotopic (exact) mass is 221 g/mol. The van der Waals surface area contributed by atoms with Gasteiger partial charge in [-0.2, -0.15) is 0 Å². The van der Waals surface area contributed by atoms with Crippen LogP contribution in [0.3, 0.4) is 0 Å². The Morgan fingerprint density at radius 2 is 2.21 bits per heavy atom. The number of piperidine rings is 1. The first-order valence-corrected chi connectivity index (χ1v) is 6.31. The van der Waals surface area contributed by atoms with E-state index in [-0.39, 0.29) is 0 Å². The summed E-state index contributed by atoms with van der Waals surface area (Å²) in [5.74, 6) is 0.454. The van der Waals surface area contributed by atoms with E-state index in [1.165, 1.54) is 6.42 Å². The van der Waals surface area contributed by atoms with E-state index >= 15 is 0 Å². The average Bonchev–Trinajstić information content (AvgIpc) is 2.15. The second kappa shape index (κ2) is 5.99. The quantitative estimate of drug-likeness (QED) is 0.703. The van der Waals surface area contributed by atoms with Gasteiger partial charge in [-0.25, -0.2) is 0 Å². The topological polar surface area (TPSA) is 52.9 Å².